The Morgan fingerprint density at radius 2 is 2.00 bits per heavy atom. The molecule has 20 heavy (non-hydrogen) atoms. The summed E-state index contributed by atoms with van der Waals surface area (Å²) in [6.07, 6.45) is 0. The summed E-state index contributed by atoms with van der Waals surface area (Å²) in [4.78, 5) is 11.0. The van der Waals surface area contributed by atoms with Crippen molar-refractivity contribution in [3.05, 3.63) is 58.4 Å². The highest BCUT2D eigenvalue weighted by Crippen LogP contribution is 2.22. The molecule has 0 unspecified atom stereocenters. The zero-order valence-corrected chi connectivity index (χ0v) is 11.2. The van der Waals surface area contributed by atoms with E-state index in [9.17, 15) is 9.18 Å². The van der Waals surface area contributed by atoms with Crippen molar-refractivity contribution in [1.29, 1.82) is 0 Å². The van der Waals surface area contributed by atoms with Crippen molar-refractivity contribution in [2.45, 2.75) is 6.54 Å². The molecule has 0 aromatic heterocycles. The molecule has 2 aromatic carbocycles. The summed E-state index contributed by atoms with van der Waals surface area (Å²) in [6.45, 7) is 0.431. The largest absolute Gasteiger partial charge is 0.397 e. The Balaban J connectivity index is 2.10. The van der Waals surface area contributed by atoms with Gasteiger partial charge in [-0.3, -0.25) is 4.79 Å². The van der Waals surface area contributed by atoms with Crippen LogP contribution < -0.4 is 16.8 Å². The van der Waals surface area contributed by atoms with E-state index in [-0.39, 0.29) is 5.02 Å². The molecule has 0 saturated heterocycles. The maximum atomic E-state index is 13.0. The minimum Gasteiger partial charge on any atom is -0.397 e. The van der Waals surface area contributed by atoms with Crippen molar-refractivity contribution in [3.63, 3.8) is 0 Å². The van der Waals surface area contributed by atoms with E-state index < -0.39 is 11.7 Å². The summed E-state index contributed by atoms with van der Waals surface area (Å²) >= 11 is 5.70. The Hall–Kier alpha value is -2.27. The van der Waals surface area contributed by atoms with E-state index in [1.807, 2.05) is 0 Å². The minimum absolute atomic E-state index is 0.0707. The number of hydrogen-bond donors (Lipinski definition) is 3. The van der Waals surface area contributed by atoms with Crippen LogP contribution in [0.15, 0.2) is 36.4 Å². The first kappa shape index (κ1) is 14.1. The van der Waals surface area contributed by atoms with Crippen molar-refractivity contribution >= 4 is 28.9 Å². The summed E-state index contributed by atoms with van der Waals surface area (Å²) < 4.78 is 13.0. The number of carbonyl (C=O) groups is 1. The van der Waals surface area contributed by atoms with E-state index >= 15 is 0 Å². The van der Waals surface area contributed by atoms with Crippen LogP contribution in [0.1, 0.15) is 15.9 Å². The number of carbonyl (C=O) groups excluding carboxylic acids is 1. The second kappa shape index (κ2) is 5.79. The van der Waals surface area contributed by atoms with Crippen LogP contribution in [-0.2, 0) is 6.54 Å². The summed E-state index contributed by atoms with van der Waals surface area (Å²) in [5.41, 5.74) is 13.2. The second-order valence-corrected chi connectivity index (χ2v) is 4.68. The topological polar surface area (TPSA) is 81.1 Å². The smallest absolute Gasteiger partial charge is 0.248 e. The maximum Gasteiger partial charge on any atom is 0.248 e. The Morgan fingerprint density at radius 1 is 1.25 bits per heavy atom. The molecule has 0 atom stereocenters. The Labute approximate surface area is 120 Å². The number of nitrogens with one attached hydrogen (secondary N) is 1. The zero-order valence-electron chi connectivity index (χ0n) is 10.5. The predicted octanol–water partition coefficient (Wildman–Crippen LogP) is 2.77. The maximum absolute atomic E-state index is 13.0. The van der Waals surface area contributed by atoms with Crippen LogP contribution in [0.4, 0.5) is 15.8 Å². The molecule has 0 aliphatic heterocycles. The summed E-state index contributed by atoms with van der Waals surface area (Å²) in [5, 5.41) is 3.15. The average molecular weight is 294 g/mol. The number of rotatable bonds is 4. The fourth-order valence-electron chi connectivity index (χ4n) is 1.72. The van der Waals surface area contributed by atoms with Crippen molar-refractivity contribution in [1.82, 2.24) is 0 Å². The molecule has 0 bridgehead atoms. The molecular weight excluding hydrogens is 281 g/mol. The van der Waals surface area contributed by atoms with Gasteiger partial charge in [-0.05, 0) is 35.9 Å². The van der Waals surface area contributed by atoms with Crippen LogP contribution in [-0.4, -0.2) is 5.91 Å². The standard InChI is InChI=1S/C14H13ClFN3O/c15-10-5-8(1-3-11(10)16)7-19-13-4-2-9(14(18)20)6-12(13)17/h1-6,19H,7,17H2,(H2,18,20). The van der Waals surface area contributed by atoms with Crippen molar-refractivity contribution < 1.29 is 9.18 Å². The number of amides is 1. The predicted molar refractivity (Wildman–Crippen MR) is 78.1 cm³/mol. The van der Waals surface area contributed by atoms with Gasteiger partial charge in [0.2, 0.25) is 5.91 Å². The van der Waals surface area contributed by atoms with Crippen molar-refractivity contribution in [2.24, 2.45) is 5.73 Å². The molecule has 5 N–H and O–H groups in total. The fraction of sp³-hybridized carbons (Fsp3) is 0.0714. The van der Waals surface area contributed by atoms with Crippen LogP contribution in [0.25, 0.3) is 0 Å². The Bertz CT molecular complexity index is 661. The third kappa shape index (κ3) is 3.19. The third-order valence-corrected chi connectivity index (χ3v) is 3.09. The van der Waals surface area contributed by atoms with Gasteiger partial charge in [-0.1, -0.05) is 17.7 Å². The highest BCUT2D eigenvalue weighted by atomic mass is 35.5. The van der Waals surface area contributed by atoms with Gasteiger partial charge in [-0.15, -0.1) is 0 Å². The van der Waals surface area contributed by atoms with Gasteiger partial charge in [-0.25, -0.2) is 4.39 Å². The van der Waals surface area contributed by atoms with E-state index in [4.69, 9.17) is 23.1 Å². The van der Waals surface area contributed by atoms with Crippen LogP contribution >= 0.6 is 11.6 Å². The molecule has 0 aliphatic carbocycles. The van der Waals surface area contributed by atoms with Gasteiger partial charge in [0, 0.05) is 12.1 Å². The van der Waals surface area contributed by atoms with Gasteiger partial charge in [0.1, 0.15) is 5.82 Å². The van der Waals surface area contributed by atoms with Crippen LogP contribution in [0, 0.1) is 5.82 Å². The number of halogens is 2. The van der Waals surface area contributed by atoms with E-state index in [1.165, 1.54) is 18.2 Å². The van der Waals surface area contributed by atoms with Crippen LogP contribution in [0.2, 0.25) is 5.02 Å². The molecular formula is C14H13ClFN3O. The lowest BCUT2D eigenvalue weighted by Gasteiger charge is -2.10. The van der Waals surface area contributed by atoms with E-state index in [1.54, 1.807) is 18.2 Å². The lowest BCUT2D eigenvalue weighted by Crippen LogP contribution is -2.12. The van der Waals surface area contributed by atoms with Crippen molar-refractivity contribution in [2.75, 3.05) is 11.1 Å². The normalized spacial score (nSPS) is 10.3. The van der Waals surface area contributed by atoms with Gasteiger partial charge >= 0.3 is 0 Å². The molecule has 0 radical (unpaired) electrons. The number of hydrogen-bond acceptors (Lipinski definition) is 3. The first-order chi connectivity index (χ1) is 9.47. The molecule has 0 aliphatic rings. The monoisotopic (exact) mass is 293 g/mol. The quantitative estimate of drug-likeness (QED) is 0.758. The summed E-state index contributed by atoms with van der Waals surface area (Å²) in [5.74, 6) is -0.991. The molecule has 104 valence electrons. The number of primary amides is 1. The van der Waals surface area contributed by atoms with Gasteiger partial charge in [0.05, 0.1) is 16.4 Å². The average Bonchev–Trinajstić information content (AvgIpc) is 2.41. The van der Waals surface area contributed by atoms with Gasteiger partial charge in [0.15, 0.2) is 0 Å². The lowest BCUT2D eigenvalue weighted by atomic mass is 10.1. The highest BCUT2D eigenvalue weighted by Gasteiger charge is 2.05. The van der Waals surface area contributed by atoms with Gasteiger partial charge < -0.3 is 16.8 Å². The highest BCUT2D eigenvalue weighted by molar-refractivity contribution is 6.30. The van der Waals surface area contributed by atoms with Gasteiger partial charge in [-0.2, -0.15) is 0 Å². The number of nitrogens with two attached hydrogens (primary N) is 2. The molecule has 0 heterocycles. The first-order valence-corrected chi connectivity index (χ1v) is 6.22. The number of anilines is 2. The SMILES string of the molecule is NC(=O)c1ccc(NCc2ccc(F)c(Cl)c2)c(N)c1. The first-order valence-electron chi connectivity index (χ1n) is 5.84. The van der Waals surface area contributed by atoms with E-state index in [0.29, 0.717) is 23.5 Å². The van der Waals surface area contributed by atoms with Crippen LogP contribution in [0.5, 0.6) is 0 Å². The fourth-order valence-corrected chi connectivity index (χ4v) is 1.93. The van der Waals surface area contributed by atoms with Crippen LogP contribution in [0.3, 0.4) is 0 Å². The molecule has 2 rings (SSSR count). The lowest BCUT2D eigenvalue weighted by molar-refractivity contribution is 0.100. The number of nitrogen functional groups attached to an aromatic ring is 1. The Kier molecular flexibility index (Phi) is 4.10. The molecule has 6 heteroatoms. The molecule has 4 nitrogen and oxygen atoms in total. The molecule has 0 saturated carbocycles. The molecule has 1 amide bonds. The molecule has 2 aromatic rings. The Morgan fingerprint density at radius 3 is 2.60 bits per heavy atom. The third-order valence-electron chi connectivity index (χ3n) is 2.80. The van der Waals surface area contributed by atoms with E-state index in [0.717, 1.165) is 5.56 Å². The van der Waals surface area contributed by atoms with Crippen molar-refractivity contribution in [3.8, 4) is 0 Å². The second-order valence-electron chi connectivity index (χ2n) is 4.27. The van der Waals surface area contributed by atoms with E-state index in [2.05, 4.69) is 5.32 Å². The molecule has 0 fully saturated rings. The summed E-state index contributed by atoms with van der Waals surface area (Å²) in [6, 6.07) is 9.22. The number of benzene rings is 2. The van der Waals surface area contributed by atoms with Gasteiger partial charge in [0.25, 0.3) is 0 Å². The molecule has 0 spiro atoms. The minimum atomic E-state index is -0.534. The zero-order chi connectivity index (χ0) is 14.7. The summed E-state index contributed by atoms with van der Waals surface area (Å²) in [7, 11) is 0.